The SMILES string of the molecule is CCCCCCCCCCCCCCNC(=O)CCSSCC. The van der Waals surface area contributed by atoms with Crippen LogP contribution < -0.4 is 5.32 Å². The predicted octanol–water partition coefficient (Wildman–Crippen LogP) is 6.60. The number of amides is 1. The molecule has 1 amide bonds. The monoisotopic (exact) mass is 361 g/mol. The fourth-order valence-electron chi connectivity index (χ4n) is 2.56. The summed E-state index contributed by atoms with van der Waals surface area (Å²) in [6.45, 7) is 5.28. The standard InChI is InChI=1S/C19H39NOS2/c1-3-5-6-7-8-9-10-11-12-13-14-15-17-20-19(21)16-18-23-22-4-2/h3-18H2,1-2H3,(H,20,21). The van der Waals surface area contributed by atoms with E-state index >= 15 is 0 Å². The molecule has 0 aromatic heterocycles. The Kier molecular flexibility index (Phi) is 20.4. The Bertz CT molecular complexity index is 250. The highest BCUT2D eigenvalue weighted by molar-refractivity contribution is 8.76. The number of hydrogen-bond acceptors (Lipinski definition) is 3. The molecule has 0 spiro atoms. The van der Waals surface area contributed by atoms with Gasteiger partial charge in [0.05, 0.1) is 0 Å². The van der Waals surface area contributed by atoms with Gasteiger partial charge in [0.15, 0.2) is 0 Å². The largest absolute Gasteiger partial charge is 0.356 e. The van der Waals surface area contributed by atoms with Crippen molar-refractivity contribution in [1.29, 1.82) is 0 Å². The van der Waals surface area contributed by atoms with E-state index in [-0.39, 0.29) is 5.91 Å². The molecule has 0 unspecified atom stereocenters. The predicted molar refractivity (Wildman–Crippen MR) is 109 cm³/mol. The van der Waals surface area contributed by atoms with E-state index in [0.717, 1.165) is 24.5 Å². The first-order valence-corrected chi connectivity index (χ1v) is 12.3. The molecule has 0 aliphatic rings. The second kappa shape index (κ2) is 20.2. The van der Waals surface area contributed by atoms with E-state index in [1.165, 1.54) is 70.6 Å². The van der Waals surface area contributed by atoms with Crippen LogP contribution in [0.1, 0.15) is 97.3 Å². The van der Waals surface area contributed by atoms with Crippen molar-refractivity contribution in [2.75, 3.05) is 18.1 Å². The third-order valence-electron chi connectivity index (χ3n) is 3.97. The highest BCUT2D eigenvalue weighted by atomic mass is 33.1. The van der Waals surface area contributed by atoms with Gasteiger partial charge in [-0.15, -0.1) is 0 Å². The summed E-state index contributed by atoms with van der Waals surface area (Å²) in [4.78, 5) is 11.6. The zero-order chi connectivity index (χ0) is 17.0. The smallest absolute Gasteiger partial charge is 0.220 e. The third-order valence-corrected chi connectivity index (χ3v) is 6.45. The second-order valence-electron chi connectivity index (χ2n) is 6.22. The van der Waals surface area contributed by atoms with E-state index in [2.05, 4.69) is 19.2 Å². The van der Waals surface area contributed by atoms with Crippen molar-refractivity contribution in [3.63, 3.8) is 0 Å². The Hall–Kier alpha value is 0.170. The quantitative estimate of drug-likeness (QED) is 0.220. The van der Waals surface area contributed by atoms with E-state index in [4.69, 9.17) is 0 Å². The minimum absolute atomic E-state index is 0.220. The molecular weight excluding hydrogens is 322 g/mol. The summed E-state index contributed by atoms with van der Waals surface area (Å²) >= 11 is 0. The van der Waals surface area contributed by atoms with Gasteiger partial charge in [0.2, 0.25) is 5.91 Å². The summed E-state index contributed by atoms with van der Waals surface area (Å²) in [5, 5.41) is 3.03. The van der Waals surface area contributed by atoms with Gasteiger partial charge in [-0.2, -0.15) is 0 Å². The number of rotatable bonds is 18. The lowest BCUT2D eigenvalue weighted by Gasteiger charge is -2.05. The summed E-state index contributed by atoms with van der Waals surface area (Å²) in [7, 11) is 3.63. The molecule has 0 radical (unpaired) electrons. The molecule has 0 aliphatic heterocycles. The minimum Gasteiger partial charge on any atom is -0.356 e. The molecule has 1 N–H and O–H groups in total. The van der Waals surface area contributed by atoms with Crippen molar-refractivity contribution in [1.82, 2.24) is 5.32 Å². The molecule has 0 saturated heterocycles. The zero-order valence-corrected chi connectivity index (χ0v) is 17.2. The Balaban J connectivity index is 3.08. The van der Waals surface area contributed by atoms with Crippen LogP contribution in [0.2, 0.25) is 0 Å². The van der Waals surface area contributed by atoms with Crippen LogP contribution in [0.4, 0.5) is 0 Å². The lowest BCUT2D eigenvalue weighted by Crippen LogP contribution is -2.24. The van der Waals surface area contributed by atoms with E-state index in [1.54, 1.807) is 10.8 Å². The highest BCUT2D eigenvalue weighted by Gasteiger charge is 2.00. The Morgan fingerprint density at radius 2 is 1.26 bits per heavy atom. The average Bonchev–Trinajstić information content (AvgIpc) is 2.56. The van der Waals surface area contributed by atoms with Gasteiger partial charge < -0.3 is 5.32 Å². The van der Waals surface area contributed by atoms with Crippen molar-refractivity contribution in [3.05, 3.63) is 0 Å². The van der Waals surface area contributed by atoms with E-state index < -0.39 is 0 Å². The molecule has 0 aliphatic carbocycles. The number of nitrogens with one attached hydrogen (secondary N) is 1. The molecule has 0 heterocycles. The number of carbonyl (C=O) groups excluding carboxylic acids is 1. The molecule has 0 saturated carbocycles. The third kappa shape index (κ3) is 20.1. The van der Waals surface area contributed by atoms with Gasteiger partial charge in [0.25, 0.3) is 0 Å². The van der Waals surface area contributed by atoms with Crippen LogP contribution in [0.15, 0.2) is 0 Å². The minimum atomic E-state index is 0.220. The van der Waals surface area contributed by atoms with Crippen LogP contribution in [0.25, 0.3) is 0 Å². The number of hydrogen-bond donors (Lipinski definition) is 1. The summed E-state index contributed by atoms with van der Waals surface area (Å²) in [5.41, 5.74) is 0. The first-order valence-electron chi connectivity index (χ1n) is 9.82. The Labute approximate surface area is 153 Å². The maximum absolute atomic E-state index is 11.6. The molecular formula is C19H39NOS2. The van der Waals surface area contributed by atoms with E-state index in [1.807, 2.05) is 10.8 Å². The molecule has 0 rings (SSSR count). The fraction of sp³-hybridized carbons (Fsp3) is 0.947. The van der Waals surface area contributed by atoms with Gasteiger partial charge in [-0.3, -0.25) is 4.79 Å². The Morgan fingerprint density at radius 3 is 1.78 bits per heavy atom. The van der Waals surface area contributed by atoms with Crippen LogP contribution in [-0.4, -0.2) is 24.0 Å². The van der Waals surface area contributed by atoms with Crippen molar-refractivity contribution in [2.24, 2.45) is 0 Å². The zero-order valence-electron chi connectivity index (χ0n) is 15.5. The molecule has 4 heteroatoms. The van der Waals surface area contributed by atoms with E-state index in [0.29, 0.717) is 6.42 Å². The van der Waals surface area contributed by atoms with Gasteiger partial charge in [-0.05, 0) is 6.42 Å². The first-order chi connectivity index (χ1) is 11.3. The molecule has 23 heavy (non-hydrogen) atoms. The van der Waals surface area contributed by atoms with Crippen molar-refractivity contribution < 1.29 is 4.79 Å². The first kappa shape index (κ1) is 23.2. The van der Waals surface area contributed by atoms with Crippen LogP contribution in [0.5, 0.6) is 0 Å². The van der Waals surface area contributed by atoms with Crippen LogP contribution in [0.3, 0.4) is 0 Å². The van der Waals surface area contributed by atoms with Crippen molar-refractivity contribution in [3.8, 4) is 0 Å². The normalized spacial score (nSPS) is 10.9. The average molecular weight is 362 g/mol. The summed E-state index contributed by atoms with van der Waals surface area (Å²) in [6, 6.07) is 0. The topological polar surface area (TPSA) is 29.1 Å². The van der Waals surface area contributed by atoms with E-state index in [9.17, 15) is 4.79 Å². The van der Waals surface area contributed by atoms with Gasteiger partial charge in [0, 0.05) is 24.5 Å². The van der Waals surface area contributed by atoms with Crippen LogP contribution >= 0.6 is 21.6 Å². The molecule has 0 atom stereocenters. The van der Waals surface area contributed by atoms with Crippen molar-refractivity contribution in [2.45, 2.75) is 97.3 Å². The number of carbonyl (C=O) groups is 1. The second-order valence-corrected chi connectivity index (χ2v) is 9.09. The lowest BCUT2D eigenvalue weighted by molar-refractivity contribution is -0.120. The van der Waals surface area contributed by atoms with Gasteiger partial charge >= 0.3 is 0 Å². The van der Waals surface area contributed by atoms with Crippen LogP contribution in [0, 0.1) is 0 Å². The molecule has 0 bridgehead atoms. The summed E-state index contributed by atoms with van der Waals surface area (Å²) < 4.78 is 0. The maximum atomic E-state index is 11.6. The molecule has 0 aromatic carbocycles. The van der Waals surface area contributed by atoms with Gasteiger partial charge in [-0.25, -0.2) is 0 Å². The van der Waals surface area contributed by atoms with Gasteiger partial charge in [-0.1, -0.05) is 106 Å². The summed E-state index contributed by atoms with van der Waals surface area (Å²) in [5.74, 6) is 2.27. The van der Waals surface area contributed by atoms with Gasteiger partial charge in [0.1, 0.15) is 0 Å². The van der Waals surface area contributed by atoms with Crippen LogP contribution in [-0.2, 0) is 4.79 Å². The van der Waals surface area contributed by atoms with Crippen molar-refractivity contribution >= 4 is 27.5 Å². The molecule has 138 valence electrons. The Morgan fingerprint density at radius 1 is 0.739 bits per heavy atom. The molecule has 2 nitrogen and oxygen atoms in total. The molecule has 0 aromatic rings. The molecule has 0 fully saturated rings. The fourth-order valence-corrected chi connectivity index (χ4v) is 4.22. The highest BCUT2D eigenvalue weighted by Crippen LogP contribution is 2.20. The maximum Gasteiger partial charge on any atom is 0.220 e. The lowest BCUT2D eigenvalue weighted by atomic mass is 10.1. The summed E-state index contributed by atoms with van der Waals surface area (Å²) in [6.07, 6.45) is 17.0. The number of unbranched alkanes of at least 4 members (excludes halogenated alkanes) is 11.